The van der Waals surface area contributed by atoms with Crippen LogP contribution in [-0.4, -0.2) is 17.6 Å². The predicted molar refractivity (Wildman–Crippen MR) is 70.7 cm³/mol. The average molecular weight is 267 g/mol. The Morgan fingerprint density at radius 3 is 2.89 bits per heavy atom. The first-order valence-electron chi connectivity index (χ1n) is 5.74. The summed E-state index contributed by atoms with van der Waals surface area (Å²) in [6.45, 7) is 2.23. The van der Waals surface area contributed by atoms with Gasteiger partial charge in [-0.1, -0.05) is 24.9 Å². The molecular formula is C13H15ClN2O2. The standard InChI is InChI=1S/C13H15ClN2O2/c1-2-3-10(13(17)18)8-16-12-6-11(14)5-4-9(12)7-15/h4-6,10,16H,2-3,8H2,1H3,(H,17,18). The number of nitriles is 1. The second kappa shape index (κ2) is 6.87. The van der Waals surface area contributed by atoms with Crippen molar-refractivity contribution in [3.63, 3.8) is 0 Å². The molecule has 96 valence electrons. The zero-order valence-corrected chi connectivity index (χ0v) is 10.9. The van der Waals surface area contributed by atoms with E-state index in [1.807, 2.05) is 13.0 Å². The maximum absolute atomic E-state index is 11.0. The molecule has 2 N–H and O–H groups in total. The lowest BCUT2D eigenvalue weighted by atomic mass is 10.0. The molecule has 0 aliphatic heterocycles. The van der Waals surface area contributed by atoms with E-state index in [-0.39, 0.29) is 6.54 Å². The predicted octanol–water partition coefficient (Wildman–Crippen LogP) is 3.12. The van der Waals surface area contributed by atoms with Crippen LogP contribution in [0.15, 0.2) is 18.2 Å². The van der Waals surface area contributed by atoms with Crippen molar-refractivity contribution < 1.29 is 9.90 Å². The van der Waals surface area contributed by atoms with E-state index in [0.717, 1.165) is 6.42 Å². The summed E-state index contributed by atoms with van der Waals surface area (Å²) in [5, 5.41) is 21.5. The largest absolute Gasteiger partial charge is 0.481 e. The number of halogens is 1. The van der Waals surface area contributed by atoms with Crippen LogP contribution in [0.25, 0.3) is 0 Å². The number of aliphatic carboxylic acids is 1. The van der Waals surface area contributed by atoms with Crippen molar-refractivity contribution in [2.45, 2.75) is 19.8 Å². The summed E-state index contributed by atoms with van der Waals surface area (Å²) in [5.74, 6) is -1.29. The summed E-state index contributed by atoms with van der Waals surface area (Å²) in [6, 6.07) is 6.91. The van der Waals surface area contributed by atoms with E-state index in [1.54, 1.807) is 18.2 Å². The number of nitrogens with zero attached hydrogens (tertiary/aromatic N) is 1. The topological polar surface area (TPSA) is 73.1 Å². The number of hydrogen-bond donors (Lipinski definition) is 2. The van der Waals surface area contributed by atoms with Gasteiger partial charge in [-0.05, 0) is 24.6 Å². The Balaban J connectivity index is 2.75. The summed E-state index contributed by atoms with van der Waals surface area (Å²) in [7, 11) is 0. The van der Waals surface area contributed by atoms with Crippen molar-refractivity contribution in [3.05, 3.63) is 28.8 Å². The molecule has 0 aliphatic carbocycles. The van der Waals surface area contributed by atoms with Gasteiger partial charge >= 0.3 is 5.97 Å². The maximum Gasteiger partial charge on any atom is 0.308 e. The highest BCUT2D eigenvalue weighted by molar-refractivity contribution is 6.30. The number of carbonyl (C=O) groups is 1. The molecule has 0 spiro atoms. The molecule has 0 saturated carbocycles. The molecule has 5 heteroatoms. The first-order valence-corrected chi connectivity index (χ1v) is 6.12. The molecule has 18 heavy (non-hydrogen) atoms. The fraction of sp³-hybridized carbons (Fsp3) is 0.385. The van der Waals surface area contributed by atoms with Gasteiger partial charge in [0.1, 0.15) is 6.07 Å². The van der Waals surface area contributed by atoms with Crippen LogP contribution in [0, 0.1) is 17.2 Å². The Morgan fingerprint density at radius 1 is 1.61 bits per heavy atom. The molecule has 0 heterocycles. The van der Waals surface area contributed by atoms with Crippen molar-refractivity contribution >= 4 is 23.3 Å². The molecule has 4 nitrogen and oxygen atoms in total. The summed E-state index contributed by atoms with van der Waals surface area (Å²) < 4.78 is 0. The van der Waals surface area contributed by atoms with E-state index >= 15 is 0 Å². The third-order valence-electron chi connectivity index (χ3n) is 2.63. The minimum Gasteiger partial charge on any atom is -0.481 e. The van der Waals surface area contributed by atoms with Crippen molar-refractivity contribution in [3.8, 4) is 6.07 Å². The van der Waals surface area contributed by atoms with Gasteiger partial charge in [0, 0.05) is 11.6 Å². The number of carboxylic acids is 1. The lowest BCUT2D eigenvalue weighted by Gasteiger charge is -2.14. The van der Waals surface area contributed by atoms with Crippen LogP contribution in [0.5, 0.6) is 0 Å². The molecule has 0 radical (unpaired) electrons. The summed E-state index contributed by atoms with van der Waals surface area (Å²) in [4.78, 5) is 11.0. The molecular weight excluding hydrogens is 252 g/mol. The van der Waals surface area contributed by atoms with Crippen LogP contribution >= 0.6 is 11.6 Å². The number of nitrogens with one attached hydrogen (secondary N) is 1. The number of benzene rings is 1. The van der Waals surface area contributed by atoms with E-state index in [4.69, 9.17) is 22.0 Å². The van der Waals surface area contributed by atoms with Crippen molar-refractivity contribution in [2.24, 2.45) is 5.92 Å². The summed E-state index contributed by atoms with van der Waals surface area (Å²) >= 11 is 5.85. The molecule has 0 bridgehead atoms. The van der Waals surface area contributed by atoms with Gasteiger partial charge in [-0.2, -0.15) is 5.26 Å². The second-order valence-electron chi connectivity index (χ2n) is 4.01. The SMILES string of the molecule is CCCC(CNc1cc(Cl)ccc1C#N)C(=O)O. The number of hydrogen-bond acceptors (Lipinski definition) is 3. The maximum atomic E-state index is 11.0. The first kappa shape index (κ1) is 14.3. The zero-order chi connectivity index (χ0) is 13.5. The van der Waals surface area contributed by atoms with Crippen LogP contribution in [0.4, 0.5) is 5.69 Å². The molecule has 0 fully saturated rings. The second-order valence-corrected chi connectivity index (χ2v) is 4.44. The van der Waals surface area contributed by atoms with E-state index in [9.17, 15) is 4.79 Å². The Morgan fingerprint density at radius 2 is 2.33 bits per heavy atom. The van der Waals surface area contributed by atoms with Gasteiger partial charge in [0.25, 0.3) is 0 Å². The molecule has 0 aromatic heterocycles. The lowest BCUT2D eigenvalue weighted by molar-refractivity contribution is -0.141. The Kier molecular flexibility index (Phi) is 5.47. The molecule has 1 unspecified atom stereocenters. The van der Waals surface area contributed by atoms with Gasteiger partial charge < -0.3 is 10.4 Å². The number of anilines is 1. The fourth-order valence-corrected chi connectivity index (χ4v) is 1.83. The van der Waals surface area contributed by atoms with E-state index in [1.165, 1.54) is 0 Å². The van der Waals surface area contributed by atoms with Crippen LogP contribution in [-0.2, 0) is 4.79 Å². The molecule has 0 amide bonds. The van der Waals surface area contributed by atoms with Gasteiger partial charge in [0.2, 0.25) is 0 Å². The monoisotopic (exact) mass is 266 g/mol. The molecule has 0 saturated heterocycles. The molecule has 1 atom stereocenters. The summed E-state index contributed by atoms with van der Waals surface area (Å²) in [6.07, 6.45) is 1.41. The minimum atomic E-state index is -0.829. The van der Waals surface area contributed by atoms with Gasteiger partial charge in [0.15, 0.2) is 0 Å². The van der Waals surface area contributed by atoms with Gasteiger partial charge in [-0.25, -0.2) is 0 Å². The van der Waals surface area contributed by atoms with Gasteiger partial charge in [-0.3, -0.25) is 4.79 Å². The highest BCUT2D eigenvalue weighted by Crippen LogP contribution is 2.21. The van der Waals surface area contributed by atoms with E-state index in [2.05, 4.69) is 5.32 Å². The summed E-state index contributed by atoms with van der Waals surface area (Å²) in [5.41, 5.74) is 1.03. The normalized spacial score (nSPS) is 11.6. The first-order chi connectivity index (χ1) is 8.58. The van der Waals surface area contributed by atoms with Gasteiger partial charge in [-0.15, -0.1) is 0 Å². The smallest absolute Gasteiger partial charge is 0.308 e. The molecule has 1 aromatic carbocycles. The quantitative estimate of drug-likeness (QED) is 0.830. The van der Waals surface area contributed by atoms with Crippen molar-refractivity contribution in [1.82, 2.24) is 0 Å². The highest BCUT2D eigenvalue weighted by atomic mass is 35.5. The van der Waals surface area contributed by atoms with E-state index in [0.29, 0.717) is 22.7 Å². The van der Waals surface area contributed by atoms with Crippen LogP contribution in [0.2, 0.25) is 5.02 Å². The minimum absolute atomic E-state index is 0.290. The molecule has 1 rings (SSSR count). The third kappa shape index (κ3) is 3.94. The Labute approximate surface area is 111 Å². The molecule has 1 aromatic rings. The number of carboxylic acid groups (broad SMARTS) is 1. The van der Waals surface area contributed by atoms with E-state index < -0.39 is 11.9 Å². The van der Waals surface area contributed by atoms with Crippen LogP contribution in [0.1, 0.15) is 25.3 Å². The molecule has 0 aliphatic rings. The third-order valence-corrected chi connectivity index (χ3v) is 2.86. The van der Waals surface area contributed by atoms with Gasteiger partial charge in [0.05, 0.1) is 17.2 Å². The van der Waals surface area contributed by atoms with Crippen LogP contribution in [0.3, 0.4) is 0 Å². The average Bonchev–Trinajstić information content (AvgIpc) is 2.34. The lowest BCUT2D eigenvalue weighted by Crippen LogP contribution is -2.23. The number of rotatable bonds is 6. The highest BCUT2D eigenvalue weighted by Gasteiger charge is 2.16. The zero-order valence-electron chi connectivity index (χ0n) is 10.1. The Hall–Kier alpha value is -1.73. The Bertz CT molecular complexity index is 469. The van der Waals surface area contributed by atoms with Crippen molar-refractivity contribution in [1.29, 1.82) is 5.26 Å². The van der Waals surface area contributed by atoms with Crippen molar-refractivity contribution in [2.75, 3.05) is 11.9 Å². The fourth-order valence-electron chi connectivity index (χ4n) is 1.65. The van der Waals surface area contributed by atoms with Crippen LogP contribution < -0.4 is 5.32 Å².